The van der Waals surface area contributed by atoms with E-state index in [1.807, 2.05) is 52.0 Å². The highest BCUT2D eigenvalue weighted by Crippen LogP contribution is 2.40. The maximum absolute atomic E-state index is 13.7. The average Bonchev–Trinajstić information content (AvgIpc) is 2.79. The number of benzene rings is 2. The number of hydrogen-bond donors (Lipinski definition) is 3. The Morgan fingerprint density at radius 2 is 1.69 bits per heavy atom. The molecule has 186 valence electrons. The molecule has 3 rings (SSSR count). The number of carboxylic acids is 1. The molecule has 0 saturated carbocycles. The number of carboxylic acid groups (broad SMARTS) is 1. The van der Waals surface area contributed by atoms with Crippen LogP contribution in [-0.2, 0) is 14.8 Å². The van der Waals surface area contributed by atoms with E-state index in [1.54, 1.807) is 18.2 Å². The maximum Gasteiger partial charge on any atom is 0.540 e. The first kappa shape index (κ1) is 27.2. The van der Waals surface area contributed by atoms with Crippen LogP contribution in [0.2, 0.25) is 0 Å². The molecule has 3 atom stereocenters. The van der Waals surface area contributed by atoms with Gasteiger partial charge in [-0.2, -0.15) is 4.89 Å². The van der Waals surface area contributed by atoms with E-state index >= 15 is 0 Å². The second-order valence-corrected chi connectivity index (χ2v) is 10.9. The van der Waals surface area contributed by atoms with Crippen molar-refractivity contribution < 1.29 is 28.9 Å². The first-order chi connectivity index (χ1) is 16.8. The first-order valence-electron chi connectivity index (χ1n) is 11.3. The minimum atomic E-state index is -3.42. The van der Waals surface area contributed by atoms with Crippen LogP contribution in [0.15, 0.2) is 54.6 Å². The molecule has 3 unspecified atom stereocenters. The van der Waals surface area contributed by atoms with E-state index in [-0.39, 0.29) is 0 Å². The van der Waals surface area contributed by atoms with Crippen LogP contribution in [-0.4, -0.2) is 37.3 Å². The Bertz CT molecular complexity index is 1370. The standard InChI is InChI=1S/C28H27FNO5P/c1-17-8-6-7-9-21(17)24-16-23(19-10-12-20(29)13-11-19)22(25(30-24)27(3,4)5)14-15-28(18(2)31,26(32)33)36(34)35/h6-13,16,18,31H,1-5H3,(H-,32,33,34,35)/p+1. The highest BCUT2D eigenvalue weighted by Gasteiger charge is 2.60. The molecule has 6 nitrogen and oxygen atoms in total. The summed E-state index contributed by atoms with van der Waals surface area (Å²) in [6.45, 7) is 8.82. The van der Waals surface area contributed by atoms with E-state index in [4.69, 9.17) is 4.98 Å². The fourth-order valence-electron chi connectivity index (χ4n) is 3.85. The van der Waals surface area contributed by atoms with Gasteiger partial charge in [0.15, 0.2) is 0 Å². The van der Waals surface area contributed by atoms with Gasteiger partial charge in [0, 0.05) is 16.5 Å². The molecule has 2 aromatic carbocycles. The third-order valence-corrected chi connectivity index (χ3v) is 7.20. The Labute approximate surface area is 210 Å². The number of carbonyl (C=O) groups is 1. The van der Waals surface area contributed by atoms with E-state index in [1.165, 1.54) is 12.1 Å². The Kier molecular flexibility index (Phi) is 7.76. The number of aliphatic hydroxyl groups excluding tert-OH is 1. The van der Waals surface area contributed by atoms with Crippen molar-refractivity contribution in [2.75, 3.05) is 0 Å². The van der Waals surface area contributed by atoms with Gasteiger partial charge in [0.1, 0.15) is 11.9 Å². The van der Waals surface area contributed by atoms with Crippen molar-refractivity contribution in [3.63, 3.8) is 0 Å². The molecule has 0 bridgehead atoms. The Balaban J connectivity index is 2.46. The summed E-state index contributed by atoms with van der Waals surface area (Å²) in [6, 6.07) is 15.3. The Morgan fingerprint density at radius 3 is 2.19 bits per heavy atom. The number of aryl methyl sites for hydroxylation is 1. The third kappa shape index (κ3) is 5.22. The van der Waals surface area contributed by atoms with Crippen molar-refractivity contribution in [2.24, 2.45) is 0 Å². The molecule has 0 aliphatic carbocycles. The van der Waals surface area contributed by atoms with E-state index in [0.717, 1.165) is 18.1 Å². The van der Waals surface area contributed by atoms with Crippen molar-refractivity contribution in [3.05, 3.63) is 77.2 Å². The number of hydrogen-bond acceptors (Lipinski definition) is 4. The first-order valence-corrected chi connectivity index (χ1v) is 12.5. The summed E-state index contributed by atoms with van der Waals surface area (Å²) < 4.78 is 25.9. The molecule has 36 heavy (non-hydrogen) atoms. The third-order valence-electron chi connectivity index (χ3n) is 5.92. The summed E-state index contributed by atoms with van der Waals surface area (Å²) in [5, 5.41) is 17.3. The Hall–Kier alpha value is -3.43. The molecular formula is C28H28FNO5P+. The predicted octanol–water partition coefficient (Wildman–Crippen LogP) is 5.45. The zero-order valence-corrected chi connectivity index (χ0v) is 21.6. The second kappa shape index (κ2) is 10.3. The van der Waals surface area contributed by atoms with Crippen LogP contribution in [0.25, 0.3) is 22.4 Å². The molecule has 0 saturated heterocycles. The predicted molar refractivity (Wildman–Crippen MR) is 137 cm³/mol. The lowest BCUT2D eigenvalue weighted by Crippen LogP contribution is -2.43. The zero-order valence-electron chi connectivity index (χ0n) is 20.7. The molecular weight excluding hydrogens is 480 g/mol. The number of aliphatic carboxylic acids is 1. The molecule has 3 N–H and O–H groups in total. The average molecular weight is 509 g/mol. The number of aliphatic hydroxyl groups is 1. The maximum atomic E-state index is 13.7. The second-order valence-electron chi connectivity index (χ2n) is 9.62. The van der Waals surface area contributed by atoms with E-state index in [9.17, 15) is 28.9 Å². The highest BCUT2D eigenvalue weighted by molar-refractivity contribution is 7.42. The molecule has 1 heterocycles. The molecule has 0 spiro atoms. The molecule has 0 amide bonds. The van der Waals surface area contributed by atoms with Gasteiger partial charge in [-0.05, 0) is 53.7 Å². The quantitative estimate of drug-likeness (QED) is 0.313. The lowest BCUT2D eigenvalue weighted by Gasteiger charge is -2.24. The normalized spacial score (nSPS) is 14.3. The summed E-state index contributed by atoms with van der Waals surface area (Å²) >= 11 is 0. The summed E-state index contributed by atoms with van der Waals surface area (Å²) in [6.07, 6.45) is -1.73. The molecule has 8 heteroatoms. The summed E-state index contributed by atoms with van der Waals surface area (Å²) in [7, 11) is -3.42. The van der Waals surface area contributed by atoms with Crippen molar-refractivity contribution in [1.29, 1.82) is 0 Å². The SMILES string of the molecule is Cc1ccccc1-c1cc(-c2ccc(F)cc2)c(C#CC(C(=O)O)(C(C)O)[P+](=O)O)c(C(C)(C)C)n1. The molecule has 0 fully saturated rings. The highest BCUT2D eigenvalue weighted by atomic mass is 31.1. The van der Waals surface area contributed by atoms with Gasteiger partial charge >= 0.3 is 19.2 Å². The monoisotopic (exact) mass is 508 g/mol. The number of rotatable bonds is 5. The van der Waals surface area contributed by atoms with Crippen LogP contribution in [0.1, 0.15) is 44.5 Å². The number of aromatic nitrogens is 1. The summed E-state index contributed by atoms with van der Waals surface area (Å²) in [4.78, 5) is 26.8. The van der Waals surface area contributed by atoms with Gasteiger partial charge in [-0.3, -0.25) is 4.98 Å². The van der Waals surface area contributed by atoms with Gasteiger partial charge in [-0.1, -0.05) is 63.1 Å². The molecule has 0 aliphatic heterocycles. The van der Waals surface area contributed by atoms with E-state index in [2.05, 4.69) is 11.8 Å². The summed E-state index contributed by atoms with van der Waals surface area (Å²) in [5.74, 6) is 3.06. The minimum Gasteiger partial charge on any atom is -0.477 e. The van der Waals surface area contributed by atoms with Crippen LogP contribution in [0.3, 0.4) is 0 Å². The Morgan fingerprint density at radius 1 is 1.08 bits per heavy atom. The molecule has 3 aromatic rings. The molecule has 1 aromatic heterocycles. The number of nitrogens with zero attached hydrogens (tertiary/aromatic N) is 1. The molecule has 0 aliphatic rings. The van der Waals surface area contributed by atoms with E-state index < -0.39 is 36.5 Å². The zero-order chi connectivity index (χ0) is 26.8. The fourth-order valence-corrected chi connectivity index (χ4v) is 4.49. The van der Waals surface area contributed by atoms with Crippen LogP contribution < -0.4 is 0 Å². The van der Waals surface area contributed by atoms with Gasteiger partial charge in [0.25, 0.3) is 0 Å². The minimum absolute atomic E-state index is 0.328. The van der Waals surface area contributed by atoms with Crippen LogP contribution in [0.5, 0.6) is 0 Å². The van der Waals surface area contributed by atoms with Crippen LogP contribution in [0, 0.1) is 24.6 Å². The van der Waals surface area contributed by atoms with Gasteiger partial charge in [-0.15, -0.1) is 0 Å². The fraction of sp³-hybridized carbons (Fsp3) is 0.286. The number of halogens is 1. The number of pyridine rings is 1. The van der Waals surface area contributed by atoms with Crippen molar-refractivity contribution >= 4 is 14.0 Å². The van der Waals surface area contributed by atoms with Crippen LogP contribution >= 0.6 is 8.03 Å². The topological polar surface area (TPSA) is 108 Å². The van der Waals surface area contributed by atoms with E-state index in [0.29, 0.717) is 28.1 Å². The largest absolute Gasteiger partial charge is 0.540 e. The molecule has 0 radical (unpaired) electrons. The van der Waals surface area contributed by atoms with Gasteiger partial charge in [-0.25, -0.2) is 9.18 Å². The van der Waals surface area contributed by atoms with Gasteiger partial charge < -0.3 is 10.2 Å². The smallest absolute Gasteiger partial charge is 0.477 e. The van der Waals surface area contributed by atoms with Crippen molar-refractivity contribution in [3.8, 4) is 34.2 Å². The van der Waals surface area contributed by atoms with Crippen molar-refractivity contribution in [1.82, 2.24) is 4.98 Å². The van der Waals surface area contributed by atoms with Gasteiger partial charge in [0.2, 0.25) is 0 Å². The summed E-state index contributed by atoms with van der Waals surface area (Å²) in [5.41, 5.74) is 3.96. The van der Waals surface area contributed by atoms with Crippen LogP contribution in [0.4, 0.5) is 4.39 Å². The lowest BCUT2D eigenvalue weighted by molar-refractivity contribution is -0.141. The van der Waals surface area contributed by atoms with Gasteiger partial charge in [0.05, 0.1) is 17.0 Å². The van der Waals surface area contributed by atoms with Crippen molar-refractivity contribution in [2.45, 2.75) is 51.3 Å². The lowest BCUT2D eigenvalue weighted by atomic mass is 9.84.